The lowest BCUT2D eigenvalue weighted by molar-refractivity contribution is -0.149. The van der Waals surface area contributed by atoms with Crippen molar-refractivity contribution in [3.05, 3.63) is 30.3 Å². The van der Waals surface area contributed by atoms with E-state index in [2.05, 4.69) is 11.9 Å². The summed E-state index contributed by atoms with van der Waals surface area (Å²) >= 11 is 0. The second-order valence-electron chi connectivity index (χ2n) is 5.08. The molecule has 0 saturated carbocycles. The van der Waals surface area contributed by atoms with Crippen LogP contribution in [0.4, 0.5) is 5.69 Å². The largest absolute Gasteiger partial charge is 0.466 e. The Hall–Kier alpha value is -2.04. The fourth-order valence-corrected chi connectivity index (χ4v) is 2.31. The van der Waals surface area contributed by atoms with Gasteiger partial charge in [-0.15, -0.1) is 0 Å². The summed E-state index contributed by atoms with van der Waals surface area (Å²) in [5.41, 5.74) is 0.812. The summed E-state index contributed by atoms with van der Waals surface area (Å²) in [6.45, 7) is 4.91. The molecule has 0 aliphatic carbocycles. The molecule has 0 aromatic heterocycles. The highest BCUT2D eigenvalue weighted by Crippen LogP contribution is 2.24. The fraction of sp³-hybridized carbons (Fsp3) is 0.500. The third kappa shape index (κ3) is 3.54. The van der Waals surface area contributed by atoms with Gasteiger partial charge in [-0.1, -0.05) is 31.5 Å². The van der Waals surface area contributed by atoms with Crippen LogP contribution in [0.5, 0.6) is 0 Å². The Balaban J connectivity index is 2.24. The number of para-hydroxylation sites is 1. The molecule has 1 saturated heterocycles. The SMILES string of the molecule is CCCCN1C(=Nc2ccccc2)O[C@H](C(=O)OC)[C@@H]1C. The number of esters is 1. The van der Waals surface area contributed by atoms with Gasteiger partial charge in [-0.2, -0.15) is 4.99 Å². The molecular formula is C16H22N2O3. The first-order chi connectivity index (χ1) is 10.2. The molecule has 1 heterocycles. The Bertz CT molecular complexity index is 502. The zero-order valence-electron chi connectivity index (χ0n) is 12.8. The maximum absolute atomic E-state index is 11.8. The first-order valence-electron chi connectivity index (χ1n) is 7.32. The predicted molar refractivity (Wildman–Crippen MR) is 81.5 cm³/mol. The van der Waals surface area contributed by atoms with Gasteiger partial charge >= 0.3 is 5.97 Å². The van der Waals surface area contributed by atoms with Crippen molar-refractivity contribution in [3.63, 3.8) is 0 Å². The van der Waals surface area contributed by atoms with Crippen LogP contribution in [0, 0.1) is 0 Å². The molecule has 0 spiro atoms. The standard InChI is InChI=1S/C16H22N2O3/c1-4-5-11-18-12(2)14(15(19)20-3)21-16(18)17-13-9-7-6-8-10-13/h6-10,12,14H,4-5,11H2,1-3H3/t12-,14-/m0/s1. The van der Waals surface area contributed by atoms with E-state index in [4.69, 9.17) is 9.47 Å². The van der Waals surface area contributed by atoms with Gasteiger partial charge in [-0.05, 0) is 25.5 Å². The molecule has 1 aromatic carbocycles. The van der Waals surface area contributed by atoms with Gasteiger partial charge in [-0.25, -0.2) is 4.79 Å². The zero-order chi connectivity index (χ0) is 15.2. The Morgan fingerprint density at radius 1 is 1.38 bits per heavy atom. The highest BCUT2D eigenvalue weighted by atomic mass is 16.6. The van der Waals surface area contributed by atoms with E-state index in [1.54, 1.807) is 0 Å². The molecule has 1 fully saturated rings. The maximum atomic E-state index is 11.8. The zero-order valence-corrected chi connectivity index (χ0v) is 12.8. The van der Waals surface area contributed by atoms with Crippen LogP contribution in [0.25, 0.3) is 0 Å². The molecule has 0 amide bonds. The monoisotopic (exact) mass is 290 g/mol. The third-order valence-corrected chi connectivity index (χ3v) is 3.57. The van der Waals surface area contributed by atoms with E-state index in [9.17, 15) is 4.79 Å². The smallest absolute Gasteiger partial charge is 0.349 e. The predicted octanol–water partition coefficient (Wildman–Crippen LogP) is 2.74. The number of hydrogen-bond donors (Lipinski definition) is 0. The van der Waals surface area contributed by atoms with E-state index in [0.29, 0.717) is 6.02 Å². The molecule has 0 bridgehead atoms. The molecule has 5 nitrogen and oxygen atoms in total. The van der Waals surface area contributed by atoms with Crippen LogP contribution in [-0.2, 0) is 14.3 Å². The van der Waals surface area contributed by atoms with Crippen molar-refractivity contribution in [1.82, 2.24) is 4.90 Å². The normalized spacial score (nSPS) is 23.2. The minimum absolute atomic E-state index is 0.0773. The maximum Gasteiger partial charge on any atom is 0.349 e. The number of ether oxygens (including phenoxy) is 2. The van der Waals surface area contributed by atoms with Gasteiger partial charge in [0.2, 0.25) is 6.10 Å². The molecule has 1 aliphatic heterocycles. The molecule has 2 atom stereocenters. The number of benzene rings is 1. The van der Waals surface area contributed by atoms with Gasteiger partial charge in [0, 0.05) is 6.54 Å². The first-order valence-corrected chi connectivity index (χ1v) is 7.32. The molecule has 0 N–H and O–H groups in total. The van der Waals surface area contributed by atoms with Gasteiger partial charge in [0.15, 0.2) is 0 Å². The van der Waals surface area contributed by atoms with Crippen molar-refractivity contribution >= 4 is 17.7 Å². The van der Waals surface area contributed by atoms with Crippen molar-refractivity contribution < 1.29 is 14.3 Å². The fourth-order valence-electron chi connectivity index (χ4n) is 2.31. The molecular weight excluding hydrogens is 268 g/mol. The van der Waals surface area contributed by atoms with Gasteiger partial charge < -0.3 is 14.4 Å². The topological polar surface area (TPSA) is 51.1 Å². The summed E-state index contributed by atoms with van der Waals surface area (Å²) in [6.07, 6.45) is 1.48. The molecule has 0 unspecified atom stereocenters. The molecule has 21 heavy (non-hydrogen) atoms. The average Bonchev–Trinajstić information content (AvgIpc) is 2.81. The van der Waals surface area contributed by atoms with Gasteiger partial charge in [0.05, 0.1) is 18.8 Å². The number of hydrogen-bond acceptors (Lipinski definition) is 4. The second-order valence-corrected chi connectivity index (χ2v) is 5.08. The Labute approximate surface area is 125 Å². The Morgan fingerprint density at radius 3 is 2.71 bits per heavy atom. The Kier molecular flexibility index (Phi) is 5.20. The summed E-state index contributed by atoms with van der Waals surface area (Å²) in [5, 5.41) is 0. The van der Waals surface area contributed by atoms with Crippen LogP contribution in [0.15, 0.2) is 35.3 Å². The van der Waals surface area contributed by atoms with Crippen LogP contribution in [0.1, 0.15) is 26.7 Å². The Morgan fingerprint density at radius 2 is 2.10 bits per heavy atom. The molecule has 5 heteroatoms. The van der Waals surface area contributed by atoms with E-state index in [-0.39, 0.29) is 12.0 Å². The average molecular weight is 290 g/mol. The van der Waals surface area contributed by atoms with Gasteiger partial charge in [-0.3, -0.25) is 0 Å². The van der Waals surface area contributed by atoms with Gasteiger partial charge in [0.1, 0.15) is 0 Å². The number of aliphatic imine (C=N–C) groups is 1. The van der Waals surface area contributed by atoms with Crippen LogP contribution in [-0.4, -0.2) is 42.7 Å². The molecule has 1 aromatic rings. The van der Waals surface area contributed by atoms with E-state index < -0.39 is 6.10 Å². The minimum Gasteiger partial charge on any atom is -0.466 e. The molecule has 114 valence electrons. The molecule has 0 radical (unpaired) electrons. The van der Waals surface area contributed by atoms with Crippen molar-refractivity contribution in [2.45, 2.75) is 38.8 Å². The quantitative estimate of drug-likeness (QED) is 0.782. The van der Waals surface area contributed by atoms with E-state index in [1.807, 2.05) is 42.2 Å². The third-order valence-electron chi connectivity index (χ3n) is 3.57. The van der Waals surface area contributed by atoms with E-state index in [0.717, 1.165) is 25.1 Å². The first kappa shape index (κ1) is 15.4. The highest BCUT2D eigenvalue weighted by molar-refractivity contribution is 5.87. The number of unbranched alkanes of at least 4 members (excludes halogenated alkanes) is 1. The lowest BCUT2D eigenvalue weighted by Crippen LogP contribution is -2.38. The number of amidine groups is 1. The number of nitrogens with zero attached hydrogens (tertiary/aromatic N) is 2. The number of methoxy groups -OCH3 is 1. The van der Waals surface area contributed by atoms with Crippen molar-refractivity contribution in [1.29, 1.82) is 0 Å². The van der Waals surface area contributed by atoms with E-state index >= 15 is 0 Å². The van der Waals surface area contributed by atoms with Gasteiger partial charge in [0.25, 0.3) is 6.02 Å². The van der Waals surface area contributed by atoms with Crippen LogP contribution in [0.2, 0.25) is 0 Å². The number of carbonyl (C=O) groups excluding carboxylic acids is 1. The second kappa shape index (κ2) is 7.11. The lowest BCUT2D eigenvalue weighted by Gasteiger charge is -2.21. The minimum atomic E-state index is -0.616. The number of rotatable bonds is 5. The molecule has 2 rings (SSSR count). The molecule has 1 aliphatic rings. The summed E-state index contributed by atoms with van der Waals surface area (Å²) in [4.78, 5) is 18.4. The van der Waals surface area contributed by atoms with Crippen LogP contribution in [0.3, 0.4) is 0 Å². The summed E-state index contributed by atoms with van der Waals surface area (Å²) in [7, 11) is 1.38. The van der Waals surface area contributed by atoms with Crippen molar-refractivity contribution in [2.75, 3.05) is 13.7 Å². The summed E-state index contributed by atoms with van der Waals surface area (Å²) < 4.78 is 10.6. The lowest BCUT2D eigenvalue weighted by atomic mass is 10.1. The summed E-state index contributed by atoms with van der Waals surface area (Å²) in [5.74, 6) is -0.359. The number of carbonyl (C=O) groups is 1. The van der Waals surface area contributed by atoms with E-state index in [1.165, 1.54) is 7.11 Å². The highest BCUT2D eigenvalue weighted by Gasteiger charge is 2.42. The van der Waals surface area contributed by atoms with Crippen molar-refractivity contribution in [3.8, 4) is 0 Å². The van der Waals surface area contributed by atoms with Crippen molar-refractivity contribution in [2.24, 2.45) is 4.99 Å². The van der Waals surface area contributed by atoms with Crippen LogP contribution >= 0.6 is 0 Å². The summed E-state index contributed by atoms with van der Waals surface area (Å²) in [6, 6.07) is 10.0. The van der Waals surface area contributed by atoms with Crippen LogP contribution < -0.4 is 0 Å².